The Morgan fingerprint density at radius 1 is 1.50 bits per heavy atom. The minimum atomic E-state index is 0.273. The number of Topliss-reactive ketones (excluding diaryl/α,β-unsaturated/α-hetero) is 1. The van der Waals surface area contributed by atoms with Gasteiger partial charge >= 0.3 is 0 Å². The van der Waals surface area contributed by atoms with Crippen LogP contribution in [-0.2, 0) is 4.79 Å². The summed E-state index contributed by atoms with van der Waals surface area (Å²) in [6.07, 6.45) is 11.6. The van der Waals surface area contributed by atoms with Crippen molar-refractivity contribution in [3.63, 3.8) is 0 Å². The van der Waals surface area contributed by atoms with E-state index in [2.05, 4.69) is 30.2 Å². The number of likely N-dealkylation sites (tertiary alicyclic amines) is 1. The maximum atomic E-state index is 12.1. The summed E-state index contributed by atoms with van der Waals surface area (Å²) >= 11 is 0. The molecule has 0 aromatic rings. The van der Waals surface area contributed by atoms with Crippen LogP contribution in [0.15, 0.2) is 23.8 Å². The molecule has 1 saturated heterocycles. The fourth-order valence-electron chi connectivity index (χ4n) is 2.57. The van der Waals surface area contributed by atoms with Gasteiger partial charge in [-0.1, -0.05) is 18.2 Å². The van der Waals surface area contributed by atoms with Crippen LogP contribution in [-0.4, -0.2) is 30.8 Å². The van der Waals surface area contributed by atoms with Crippen LogP contribution >= 0.6 is 0 Å². The third-order valence-corrected chi connectivity index (χ3v) is 3.53. The van der Waals surface area contributed by atoms with Gasteiger partial charge < -0.3 is 4.90 Å². The third kappa shape index (κ3) is 3.05. The number of ketones is 1. The molecule has 2 rings (SSSR count). The number of carbonyl (C=O) groups excluding carboxylic acids is 1. The molecule has 0 bridgehead atoms. The predicted molar refractivity (Wildman–Crippen MR) is 66.3 cm³/mol. The van der Waals surface area contributed by atoms with Crippen LogP contribution < -0.4 is 0 Å². The highest BCUT2D eigenvalue weighted by Gasteiger charge is 2.23. The Labute approximate surface area is 98.0 Å². The molecule has 2 aliphatic rings. The largest absolute Gasteiger partial charge is 0.306 e. The van der Waals surface area contributed by atoms with Gasteiger partial charge in [0, 0.05) is 18.9 Å². The van der Waals surface area contributed by atoms with E-state index in [1.165, 1.54) is 12.0 Å². The van der Waals surface area contributed by atoms with Gasteiger partial charge in [-0.05, 0) is 44.8 Å². The lowest BCUT2D eigenvalue weighted by molar-refractivity contribution is -0.123. The fourth-order valence-corrected chi connectivity index (χ4v) is 2.57. The summed E-state index contributed by atoms with van der Waals surface area (Å²) in [6, 6.07) is 0. The fraction of sp³-hybridized carbons (Fsp3) is 0.643. The molecule has 2 heteroatoms. The monoisotopic (exact) mass is 219 g/mol. The first kappa shape index (κ1) is 11.6. The van der Waals surface area contributed by atoms with Crippen LogP contribution in [0.2, 0.25) is 0 Å². The molecule has 0 amide bonds. The first-order chi connectivity index (χ1) is 7.75. The maximum Gasteiger partial charge on any atom is 0.141 e. The van der Waals surface area contributed by atoms with Crippen LogP contribution in [0.5, 0.6) is 0 Å². The van der Waals surface area contributed by atoms with Gasteiger partial charge in [0.2, 0.25) is 0 Å². The number of hydrogen-bond acceptors (Lipinski definition) is 2. The van der Waals surface area contributed by atoms with Crippen molar-refractivity contribution in [2.45, 2.75) is 32.1 Å². The van der Waals surface area contributed by atoms with E-state index in [-0.39, 0.29) is 5.92 Å². The molecule has 2 nitrogen and oxygen atoms in total. The van der Waals surface area contributed by atoms with Gasteiger partial charge in [0.25, 0.3) is 0 Å². The zero-order valence-electron chi connectivity index (χ0n) is 10.1. The smallest absolute Gasteiger partial charge is 0.141 e. The highest BCUT2D eigenvalue weighted by atomic mass is 16.1. The van der Waals surface area contributed by atoms with Crippen LogP contribution in [0.3, 0.4) is 0 Å². The Bertz CT molecular complexity index is 317. The van der Waals surface area contributed by atoms with Crippen LogP contribution in [0.1, 0.15) is 32.1 Å². The van der Waals surface area contributed by atoms with Crippen molar-refractivity contribution in [3.05, 3.63) is 23.8 Å². The summed E-state index contributed by atoms with van der Waals surface area (Å²) in [4.78, 5) is 14.4. The average molecular weight is 219 g/mol. The third-order valence-electron chi connectivity index (χ3n) is 3.53. The summed E-state index contributed by atoms with van der Waals surface area (Å²) in [5.74, 6) is 0.708. The van der Waals surface area contributed by atoms with E-state index >= 15 is 0 Å². The Balaban J connectivity index is 1.87. The molecule has 0 aromatic heterocycles. The highest BCUT2D eigenvalue weighted by Crippen LogP contribution is 2.21. The van der Waals surface area contributed by atoms with Crippen molar-refractivity contribution in [1.29, 1.82) is 0 Å². The van der Waals surface area contributed by atoms with E-state index < -0.39 is 0 Å². The molecular weight excluding hydrogens is 198 g/mol. The van der Waals surface area contributed by atoms with Gasteiger partial charge in [0.15, 0.2) is 0 Å². The molecule has 1 atom stereocenters. The van der Waals surface area contributed by atoms with Gasteiger partial charge in [-0.2, -0.15) is 0 Å². The molecule has 1 unspecified atom stereocenters. The van der Waals surface area contributed by atoms with E-state index in [0.717, 1.165) is 32.4 Å². The minimum absolute atomic E-state index is 0.273. The number of hydrogen-bond donors (Lipinski definition) is 0. The summed E-state index contributed by atoms with van der Waals surface area (Å²) in [7, 11) is 2.11. The molecule has 1 heterocycles. The number of rotatable bonds is 3. The van der Waals surface area contributed by atoms with Crippen molar-refractivity contribution in [3.8, 4) is 0 Å². The molecule has 0 radical (unpaired) electrons. The average Bonchev–Trinajstić information content (AvgIpc) is 2.30. The molecule has 0 saturated carbocycles. The molecule has 16 heavy (non-hydrogen) atoms. The van der Waals surface area contributed by atoms with E-state index in [9.17, 15) is 4.79 Å². The lowest BCUT2D eigenvalue weighted by Crippen LogP contribution is -2.36. The number of piperidine rings is 1. The summed E-state index contributed by atoms with van der Waals surface area (Å²) in [5.41, 5.74) is 1.23. The number of carbonyl (C=O) groups is 1. The molecule has 88 valence electrons. The second-order valence-electron chi connectivity index (χ2n) is 5.00. The molecule has 0 spiro atoms. The Morgan fingerprint density at radius 3 is 3.06 bits per heavy atom. The van der Waals surface area contributed by atoms with E-state index in [1.54, 1.807) is 0 Å². The Morgan fingerprint density at radius 2 is 2.38 bits per heavy atom. The topological polar surface area (TPSA) is 20.3 Å². The Kier molecular flexibility index (Phi) is 3.94. The quantitative estimate of drug-likeness (QED) is 0.727. The highest BCUT2D eigenvalue weighted by molar-refractivity contribution is 5.84. The summed E-state index contributed by atoms with van der Waals surface area (Å²) in [5, 5.41) is 0. The van der Waals surface area contributed by atoms with Gasteiger partial charge in [0.1, 0.15) is 5.78 Å². The molecule has 0 N–H and O–H groups in total. The summed E-state index contributed by atoms with van der Waals surface area (Å²) < 4.78 is 0. The van der Waals surface area contributed by atoms with Crippen molar-refractivity contribution >= 4 is 5.78 Å². The van der Waals surface area contributed by atoms with E-state index in [1.807, 2.05) is 0 Å². The van der Waals surface area contributed by atoms with Crippen molar-refractivity contribution in [1.82, 2.24) is 4.90 Å². The van der Waals surface area contributed by atoms with Crippen molar-refractivity contribution in [2.24, 2.45) is 5.92 Å². The number of allylic oxidation sites excluding steroid dienone is 4. The maximum absolute atomic E-state index is 12.1. The van der Waals surface area contributed by atoms with Gasteiger partial charge in [-0.15, -0.1) is 0 Å². The first-order valence-corrected chi connectivity index (χ1v) is 6.32. The summed E-state index contributed by atoms with van der Waals surface area (Å²) in [6.45, 7) is 2.10. The van der Waals surface area contributed by atoms with Crippen LogP contribution in [0.25, 0.3) is 0 Å². The van der Waals surface area contributed by atoms with Crippen molar-refractivity contribution < 1.29 is 4.79 Å². The van der Waals surface area contributed by atoms with Gasteiger partial charge in [-0.25, -0.2) is 0 Å². The van der Waals surface area contributed by atoms with E-state index in [4.69, 9.17) is 0 Å². The minimum Gasteiger partial charge on any atom is -0.306 e. The molecule has 1 fully saturated rings. The standard InChI is InChI=1S/C14H21NO/c1-15-9-5-8-13(11-15)14(16)10-12-6-3-2-4-7-12/h3,6-7,13H,2,4-5,8-11H2,1H3. The zero-order valence-corrected chi connectivity index (χ0v) is 10.1. The second-order valence-corrected chi connectivity index (χ2v) is 5.00. The molecule has 0 aromatic carbocycles. The lowest BCUT2D eigenvalue weighted by atomic mass is 9.89. The van der Waals surface area contributed by atoms with Crippen molar-refractivity contribution in [2.75, 3.05) is 20.1 Å². The van der Waals surface area contributed by atoms with Crippen LogP contribution in [0.4, 0.5) is 0 Å². The molecule has 1 aliphatic heterocycles. The predicted octanol–water partition coefficient (Wildman–Crippen LogP) is 2.56. The Hall–Kier alpha value is -0.890. The SMILES string of the molecule is CN1CCCC(C(=O)CC2=CCCC=C2)C1. The first-order valence-electron chi connectivity index (χ1n) is 6.32. The number of nitrogens with zero attached hydrogens (tertiary/aromatic N) is 1. The molecule has 1 aliphatic carbocycles. The lowest BCUT2D eigenvalue weighted by Gasteiger charge is -2.28. The van der Waals surface area contributed by atoms with E-state index in [0.29, 0.717) is 12.2 Å². The van der Waals surface area contributed by atoms with Crippen LogP contribution in [0, 0.1) is 5.92 Å². The molecular formula is C14H21NO. The van der Waals surface area contributed by atoms with Gasteiger partial charge in [0.05, 0.1) is 0 Å². The van der Waals surface area contributed by atoms with Gasteiger partial charge in [-0.3, -0.25) is 4.79 Å². The zero-order chi connectivity index (χ0) is 11.4. The second kappa shape index (κ2) is 5.44. The normalized spacial score (nSPS) is 26.6.